The molecule has 1 atom stereocenters. The SMILES string of the molecule is Cc1ccc(SCC(=O)O[C@H](C)c2nnc(-c3ccccc3)o2)cc1. The molecule has 0 spiro atoms. The minimum Gasteiger partial charge on any atom is -0.452 e. The highest BCUT2D eigenvalue weighted by Crippen LogP contribution is 2.23. The molecule has 0 aliphatic heterocycles. The molecule has 1 aromatic heterocycles. The maximum absolute atomic E-state index is 12.0. The maximum atomic E-state index is 12.0. The molecular formula is C19H18N2O3S. The molecule has 0 aliphatic carbocycles. The summed E-state index contributed by atoms with van der Waals surface area (Å²) in [6.45, 7) is 3.75. The van der Waals surface area contributed by atoms with Gasteiger partial charge in [0.25, 0.3) is 5.89 Å². The third-order valence-corrected chi connectivity index (χ3v) is 4.48. The van der Waals surface area contributed by atoms with E-state index < -0.39 is 6.10 Å². The topological polar surface area (TPSA) is 65.2 Å². The van der Waals surface area contributed by atoms with Gasteiger partial charge < -0.3 is 9.15 Å². The van der Waals surface area contributed by atoms with Crippen molar-refractivity contribution in [3.63, 3.8) is 0 Å². The van der Waals surface area contributed by atoms with Crippen LogP contribution in [0.25, 0.3) is 11.5 Å². The Labute approximate surface area is 150 Å². The van der Waals surface area contributed by atoms with Gasteiger partial charge in [0, 0.05) is 10.5 Å². The molecule has 2 aromatic carbocycles. The van der Waals surface area contributed by atoms with Crippen molar-refractivity contribution in [3.8, 4) is 11.5 Å². The summed E-state index contributed by atoms with van der Waals surface area (Å²) >= 11 is 1.44. The van der Waals surface area contributed by atoms with Gasteiger partial charge in [0.1, 0.15) is 0 Å². The number of aryl methyl sites for hydroxylation is 1. The Bertz CT molecular complexity index is 831. The Morgan fingerprint density at radius 3 is 2.56 bits per heavy atom. The van der Waals surface area contributed by atoms with Crippen molar-refractivity contribution >= 4 is 17.7 Å². The first kappa shape index (κ1) is 17.2. The van der Waals surface area contributed by atoms with Crippen molar-refractivity contribution in [1.29, 1.82) is 0 Å². The molecule has 6 heteroatoms. The van der Waals surface area contributed by atoms with Crippen LogP contribution in [-0.2, 0) is 9.53 Å². The van der Waals surface area contributed by atoms with E-state index in [4.69, 9.17) is 9.15 Å². The van der Waals surface area contributed by atoms with Gasteiger partial charge in [-0.05, 0) is 38.1 Å². The lowest BCUT2D eigenvalue weighted by Gasteiger charge is -2.09. The number of hydrogen-bond donors (Lipinski definition) is 0. The van der Waals surface area contributed by atoms with Crippen molar-refractivity contribution in [2.24, 2.45) is 0 Å². The largest absolute Gasteiger partial charge is 0.452 e. The second-order valence-corrected chi connectivity index (χ2v) is 6.59. The summed E-state index contributed by atoms with van der Waals surface area (Å²) in [6, 6.07) is 17.5. The van der Waals surface area contributed by atoms with E-state index in [2.05, 4.69) is 10.2 Å². The number of benzene rings is 2. The van der Waals surface area contributed by atoms with Gasteiger partial charge in [-0.25, -0.2) is 0 Å². The number of hydrogen-bond acceptors (Lipinski definition) is 6. The number of carbonyl (C=O) groups excluding carboxylic acids is 1. The van der Waals surface area contributed by atoms with Gasteiger partial charge in [0.05, 0.1) is 5.75 Å². The van der Waals surface area contributed by atoms with E-state index in [0.717, 1.165) is 10.5 Å². The van der Waals surface area contributed by atoms with Gasteiger partial charge in [-0.2, -0.15) is 0 Å². The van der Waals surface area contributed by atoms with E-state index in [9.17, 15) is 4.79 Å². The lowest BCUT2D eigenvalue weighted by molar-refractivity contribution is -0.146. The molecule has 25 heavy (non-hydrogen) atoms. The monoisotopic (exact) mass is 354 g/mol. The number of rotatable bonds is 6. The first-order valence-electron chi connectivity index (χ1n) is 7.89. The summed E-state index contributed by atoms with van der Waals surface area (Å²) in [5.74, 6) is 0.602. The van der Waals surface area contributed by atoms with Gasteiger partial charge in [0.15, 0.2) is 6.10 Å². The molecule has 0 aliphatic rings. The molecule has 0 N–H and O–H groups in total. The molecule has 0 unspecified atom stereocenters. The predicted octanol–water partition coefficient (Wildman–Crippen LogP) is 4.44. The molecule has 0 fully saturated rings. The average Bonchev–Trinajstić information content (AvgIpc) is 3.12. The van der Waals surface area contributed by atoms with Crippen LogP contribution in [0.4, 0.5) is 0 Å². The summed E-state index contributed by atoms with van der Waals surface area (Å²) < 4.78 is 11.0. The molecule has 0 amide bonds. The highest BCUT2D eigenvalue weighted by molar-refractivity contribution is 8.00. The third-order valence-electron chi connectivity index (χ3n) is 3.50. The lowest BCUT2D eigenvalue weighted by Crippen LogP contribution is -2.11. The fourth-order valence-electron chi connectivity index (χ4n) is 2.15. The molecule has 0 saturated carbocycles. The predicted molar refractivity (Wildman–Crippen MR) is 96.1 cm³/mol. The minimum absolute atomic E-state index is 0.229. The van der Waals surface area contributed by atoms with Crippen molar-refractivity contribution < 1.29 is 13.9 Å². The maximum Gasteiger partial charge on any atom is 0.317 e. The number of thioether (sulfide) groups is 1. The number of esters is 1. The van der Waals surface area contributed by atoms with Crippen LogP contribution in [0.15, 0.2) is 63.9 Å². The number of nitrogens with zero attached hydrogens (tertiary/aromatic N) is 2. The molecular weight excluding hydrogens is 336 g/mol. The number of carbonyl (C=O) groups is 1. The van der Waals surface area contributed by atoms with Crippen LogP contribution in [0.3, 0.4) is 0 Å². The van der Waals surface area contributed by atoms with Gasteiger partial charge in [0.2, 0.25) is 5.89 Å². The molecule has 3 rings (SSSR count). The Kier molecular flexibility index (Phi) is 5.50. The van der Waals surface area contributed by atoms with Crippen LogP contribution < -0.4 is 0 Å². The molecule has 1 heterocycles. The number of ether oxygens (including phenoxy) is 1. The van der Waals surface area contributed by atoms with E-state index in [1.807, 2.05) is 61.5 Å². The molecule has 5 nitrogen and oxygen atoms in total. The first-order valence-corrected chi connectivity index (χ1v) is 8.88. The van der Waals surface area contributed by atoms with Gasteiger partial charge in [-0.3, -0.25) is 4.79 Å². The Balaban J connectivity index is 1.55. The molecule has 0 bridgehead atoms. The Morgan fingerprint density at radius 1 is 1.12 bits per heavy atom. The summed E-state index contributed by atoms with van der Waals surface area (Å²) in [5.41, 5.74) is 2.01. The van der Waals surface area contributed by atoms with Crippen LogP contribution in [0, 0.1) is 6.92 Å². The standard InChI is InChI=1S/C19H18N2O3S/c1-13-8-10-16(11-9-13)25-12-17(22)23-14(2)18-20-21-19(24-18)15-6-4-3-5-7-15/h3-11,14H,12H2,1-2H3/t14-/m1/s1. The highest BCUT2D eigenvalue weighted by Gasteiger charge is 2.19. The quantitative estimate of drug-likeness (QED) is 0.481. The minimum atomic E-state index is -0.587. The molecule has 0 radical (unpaired) electrons. The van der Waals surface area contributed by atoms with Crippen molar-refractivity contribution in [2.75, 3.05) is 5.75 Å². The van der Waals surface area contributed by atoms with Gasteiger partial charge in [-0.1, -0.05) is 35.9 Å². The van der Waals surface area contributed by atoms with Crippen LogP contribution in [0.1, 0.15) is 24.5 Å². The van der Waals surface area contributed by atoms with Crippen LogP contribution in [0.2, 0.25) is 0 Å². The smallest absolute Gasteiger partial charge is 0.317 e. The molecule has 128 valence electrons. The molecule has 0 saturated heterocycles. The normalized spacial score (nSPS) is 11.9. The van der Waals surface area contributed by atoms with E-state index in [0.29, 0.717) is 5.89 Å². The van der Waals surface area contributed by atoms with Crippen LogP contribution >= 0.6 is 11.8 Å². The molecule has 3 aromatic rings. The summed E-state index contributed by atoms with van der Waals surface area (Å²) in [4.78, 5) is 13.0. The zero-order valence-electron chi connectivity index (χ0n) is 14.0. The third kappa shape index (κ3) is 4.70. The van der Waals surface area contributed by atoms with Crippen molar-refractivity contribution in [3.05, 3.63) is 66.1 Å². The van der Waals surface area contributed by atoms with Crippen LogP contribution in [0.5, 0.6) is 0 Å². The second kappa shape index (κ2) is 7.98. The van der Waals surface area contributed by atoms with E-state index in [1.165, 1.54) is 17.3 Å². The van der Waals surface area contributed by atoms with Crippen molar-refractivity contribution in [2.45, 2.75) is 24.8 Å². The van der Waals surface area contributed by atoms with Gasteiger partial charge in [-0.15, -0.1) is 22.0 Å². The van der Waals surface area contributed by atoms with E-state index in [1.54, 1.807) is 6.92 Å². The summed E-state index contributed by atoms with van der Waals surface area (Å²) in [7, 11) is 0. The van der Waals surface area contributed by atoms with E-state index >= 15 is 0 Å². The fraction of sp³-hybridized carbons (Fsp3) is 0.211. The Morgan fingerprint density at radius 2 is 1.84 bits per heavy atom. The number of aromatic nitrogens is 2. The fourth-order valence-corrected chi connectivity index (χ4v) is 2.84. The average molecular weight is 354 g/mol. The van der Waals surface area contributed by atoms with Crippen molar-refractivity contribution in [1.82, 2.24) is 10.2 Å². The van der Waals surface area contributed by atoms with Gasteiger partial charge >= 0.3 is 5.97 Å². The zero-order valence-corrected chi connectivity index (χ0v) is 14.8. The second-order valence-electron chi connectivity index (χ2n) is 5.55. The van der Waals surface area contributed by atoms with E-state index in [-0.39, 0.29) is 17.6 Å². The lowest BCUT2D eigenvalue weighted by atomic mass is 10.2. The zero-order chi connectivity index (χ0) is 17.6. The summed E-state index contributed by atoms with van der Waals surface area (Å²) in [6.07, 6.45) is -0.587. The van der Waals surface area contributed by atoms with Crippen LogP contribution in [-0.4, -0.2) is 21.9 Å². The highest BCUT2D eigenvalue weighted by atomic mass is 32.2. The summed E-state index contributed by atoms with van der Waals surface area (Å²) in [5, 5.41) is 7.98. The Hall–Kier alpha value is -2.60. The first-order chi connectivity index (χ1) is 12.1.